The fourth-order valence-electron chi connectivity index (χ4n) is 2.51. The Hall–Kier alpha value is -2.04. The van der Waals surface area contributed by atoms with Gasteiger partial charge in [-0.1, -0.05) is 54.2 Å². The Kier molecular flexibility index (Phi) is 4.32. The van der Waals surface area contributed by atoms with Gasteiger partial charge in [-0.2, -0.15) is 0 Å². The monoisotopic (exact) mass is 329 g/mol. The largest absolute Gasteiger partial charge is 0.362 e. The Morgan fingerprint density at radius 2 is 1.82 bits per heavy atom. The highest BCUT2D eigenvalue weighted by atomic mass is 35.5. The number of halogens is 1. The molecule has 2 aromatic carbocycles. The Morgan fingerprint density at radius 1 is 1.14 bits per heavy atom. The van der Waals surface area contributed by atoms with Crippen molar-refractivity contribution in [2.45, 2.75) is 13.1 Å². The molecule has 0 saturated carbocycles. The Balaban J connectivity index is 1.94. The molecule has 22 heavy (non-hydrogen) atoms. The first-order chi connectivity index (χ1) is 10.7. The van der Waals surface area contributed by atoms with Crippen LogP contribution in [0.2, 0.25) is 5.02 Å². The van der Waals surface area contributed by atoms with Crippen LogP contribution in [-0.4, -0.2) is 16.5 Å². The summed E-state index contributed by atoms with van der Waals surface area (Å²) in [6.45, 7) is 2.05. The fourth-order valence-corrected chi connectivity index (χ4v) is 2.83. The number of thiocarbonyl (C=S) groups is 1. The van der Waals surface area contributed by atoms with E-state index in [-0.39, 0.29) is 6.17 Å². The van der Waals surface area contributed by atoms with Gasteiger partial charge in [0.1, 0.15) is 6.17 Å². The average molecular weight is 330 g/mol. The van der Waals surface area contributed by atoms with Crippen LogP contribution in [-0.2, 0) is 0 Å². The van der Waals surface area contributed by atoms with Crippen molar-refractivity contribution in [1.29, 1.82) is 0 Å². The fraction of sp³-hybridized carbons (Fsp3) is 0.118. The minimum Gasteiger partial charge on any atom is -0.362 e. The highest BCUT2D eigenvalue weighted by Gasteiger charge is 2.28. The first-order valence-electron chi connectivity index (χ1n) is 6.98. The molecule has 1 heterocycles. The molecule has 1 aliphatic heterocycles. The molecule has 5 heteroatoms. The zero-order valence-corrected chi connectivity index (χ0v) is 13.7. The molecular formula is C17H16ClN3S. The van der Waals surface area contributed by atoms with Crippen LogP contribution in [0.5, 0.6) is 0 Å². The maximum Gasteiger partial charge on any atom is 0.148 e. The summed E-state index contributed by atoms with van der Waals surface area (Å²) in [5, 5.41) is 7.86. The lowest BCUT2D eigenvalue weighted by atomic mass is 10.1. The number of hydrogen-bond donors (Lipinski definition) is 2. The van der Waals surface area contributed by atoms with Gasteiger partial charge in [0.2, 0.25) is 0 Å². The van der Waals surface area contributed by atoms with E-state index in [1.54, 1.807) is 5.37 Å². The molecule has 1 aliphatic rings. The van der Waals surface area contributed by atoms with Crippen molar-refractivity contribution < 1.29 is 0 Å². The van der Waals surface area contributed by atoms with Crippen molar-refractivity contribution in [2.24, 2.45) is 0 Å². The molecule has 1 atom stereocenters. The van der Waals surface area contributed by atoms with E-state index in [0.29, 0.717) is 5.02 Å². The van der Waals surface area contributed by atoms with E-state index in [0.717, 1.165) is 22.6 Å². The molecule has 2 aromatic rings. The smallest absolute Gasteiger partial charge is 0.148 e. The van der Waals surface area contributed by atoms with E-state index in [9.17, 15) is 0 Å². The Labute approximate surface area is 140 Å². The second kappa shape index (κ2) is 6.38. The molecule has 112 valence electrons. The molecule has 0 spiro atoms. The maximum atomic E-state index is 5.95. The van der Waals surface area contributed by atoms with Gasteiger partial charge in [0.15, 0.2) is 0 Å². The molecule has 0 amide bonds. The maximum absolute atomic E-state index is 5.95. The van der Waals surface area contributed by atoms with Crippen molar-refractivity contribution in [2.75, 3.05) is 5.43 Å². The van der Waals surface area contributed by atoms with Crippen LogP contribution in [0, 0.1) is 0 Å². The third-order valence-electron chi connectivity index (χ3n) is 3.51. The van der Waals surface area contributed by atoms with E-state index >= 15 is 0 Å². The molecule has 3 nitrogen and oxygen atoms in total. The number of benzene rings is 2. The van der Waals surface area contributed by atoms with E-state index in [4.69, 9.17) is 23.8 Å². The van der Waals surface area contributed by atoms with Gasteiger partial charge < -0.3 is 5.32 Å². The Morgan fingerprint density at radius 3 is 2.45 bits per heavy atom. The van der Waals surface area contributed by atoms with Crippen LogP contribution in [0.4, 0.5) is 5.69 Å². The quantitative estimate of drug-likeness (QED) is 0.818. The SMILES string of the molecule is CC1=C(c2ccccc2)N(Nc2ccc(Cl)cc2)C(C=S)N1. The minimum atomic E-state index is -0.0825. The lowest BCUT2D eigenvalue weighted by Gasteiger charge is -2.28. The third-order valence-corrected chi connectivity index (χ3v) is 4.02. The molecule has 1 unspecified atom stereocenters. The molecule has 0 aromatic heterocycles. The Bertz CT molecular complexity index is 698. The summed E-state index contributed by atoms with van der Waals surface area (Å²) < 4.78 is 0. The van der Waals surface area contributed by atoms with Crippen molar-refractivity contribution in [3.63, 3.8) is 0 Å². The normalized spacial score (nSPS) is 17.4. The molecule has 0 fully saturated rings. The van der Waals surface area contributed by atoms with Crippen LogP contribution >= 0.6 is 23.8 Å². The second-order valence-electron chi connectivity index (χ2n) is 5.05. The van der Waals surface area contributed by atoms with Crippen molar-refractivity contribution in [1.82, 2.24) is 10.3 Å². The summed E-state index contributed by atoms with van der Waals surface area (Å²) in [5.74, 6) is 0. The van der Waals surface area contributed by atoms with Gasteiger partial charge in [-0.3, -0.25) is 10.4 Å². The number of anilines is 1. The molecule has 0 bridgehead atoms. The number of nitrogens with zero attached hydrogens (tertiary/aromatic N) is 1. The molecule has 0 aliphatic carbocycles. The number of rotatable bonds is 4. The highest BCUT2D eigenvalue weighted by Crippen LogP contribution is 2.29. The van der Waals surface area contributed by atoms with Crippen molar-refractivity contribution in [3.8, 4) is 0 Å². The highest BCUT2D eigenvalue weighted by molar-refractivity contribution is 7.79. The minimum absolute atomic E-state index is 0.0825. The van der Waals surface area contributed by atoms with Crippen LogP contribution in [0.15, 0.2) is 60.3 Å². The van der Waals surface area contributed by atoms with Gasteiger partial charge in [-0.25, -0.2) is 0 Å². The number of hydrazine groups is 1. The van der Waals surface area contributed by atoms with Gasteiger partial charge >= 0.3 is 0 Å². The summed E-state index contributed by atoms with van der Waals surface area (Å²) >= 11 is 11.1. The first kappa shape index (κ1) is 14.9. The van der Waals surface area contributed by atoms with Crippen molar-refractivity contribution >= 4 is 40.6 Å². The van der Waals surface area contributed by atoms with Crippen molar-refractivity contribution in [3.05, 3.63) is 70.9 Å². The van der Waals surface area contributed by atoms with Crippen LogP contribution in [0.1, 0.15) is 12.5 Å². The zero-order chi connectivity index (χ0) is 15.5. The van der Waals surface area contributed by atoms with Crippen LogP contribution in [0.3, 0.4) is 0 Å². The molecule has 3 rings (SSSR count). The first-order valence-corrected chi connectivity index (χ1v) is 7.83. The van der Waals surface area contributed by atoms with E-state index in [2.05, 4.69) is 29.8 Å². The van der Waals surface area contributed by atoms with E-state index < -0.39 is 0 Å². The van der Waals surface area contributed by atoms with Gasteiger partial charge in [0.25, 0.3) is 0 Å². The van der Waals surface area contributed by atoms with E-state index in [1.807, 2.05) is 47.5 Å². The summed E-state index contributed by atoms with van der Waals surface area (Å²) in [6.07, 6.45) is -0.0825. The second-order valence-corrected chi connectivity index (χ2v) is 5.76. The number of hydrogen-bond acceptors (Lipinski definition) is 4. The predicted octanol–water partition coefficient (Wildman–Crippen LogP) is 4.29. The molecule has 0 radical (unpaired) electrons. The summed E-state index contributed by atoms with van der Waals surface area (Å²) in [4.78, 5) is 0. The van der Waals surface area contributed by atoms with E-state index in [1.165, 1.54) is 0 Å². The molecule has 2 N–H and O–H groups in total. The van der Waals surface area contributed by atoms with Gasteiger partial charge in [-0.15, -0.1) is 0 Å². The molecular weight excluding hydrogens is 314 g/mol. The van der Waals surface area contributed by atoms with Crippen LogP contribution < -0.4 is 10.7 Å². The summed E-state index contributed by atoms with van der Waals surface area (Å²) in [6, 6.07) is 17.8. The van der Waals surface area contributed by atoms with Gasteiger partial charge in [0.05, 0.1) is 11.4 Å². The topological polar surface area (TPSA) is 27.3 Å². The lowest BCUT2D eigenvalue weighted by molar-refractivity contribution is 0.428. The standard InChI is InChI=1S/C17H16ClN3S/c1-12-17(13-5-3-2-4-6-13)21(16(11-22)19-12)20-15-9-7-14(18)8-10-15/h2-11,16,19-20H,1H3. The lowest BCUT2D eigenvalue weighted by Crippen LogP contribution is -2.41. The molecule has 0 saturated heterocycles. The zero-order valence-electron chi connectivity index (χ0n) is 12.1. The van der Waals surface area contributed by atoms with Crippen LogP contribution in [0.25, 0.3) is 5.70 Å². The summed E-state index contributed by atoms with van der Waals surface area (Å²) in [7, 11) is 0. The summed E-state index contributed by atoms with van der Waals surface area (Å²) in [5.41, 5.74) is 7.66. The van der Waals surface area contributed by atoms with Gasteiger partial charge in [0, 0.05) is 21.7 Å². The average Bonchev–Trinajstić information content (AvgIpc) is 2.86. The number of allylic oxidation sites excluding steroid dienone is 1. The number of nitrogens with one attached hydrogen (secondary N) is 2. The predicted molar refractivity (Wildman–Crippen MR) is 96.5 cm³/mol. The van der Waals surface area contributed by atoms with Gasteiger partial charge in [-0.05, 0) is 31.2 Å². The third kappa shape index (κ3) is 2.93.